The average Bonchev–Trinajstić information content (AvgIpc) is 2.59. The Labute approximate surface area is 148 Å². The van der Waals surface area contributed by atoms with Gasteiger partial charge in [-0.05, 0) is 56.9 Å². The summed E-state index contributed by atoms with van der Waals surface area (Å²) in [5.74, 6) is 0.432. The number of sulfonamides is 1. The molecule has 3 rings (SSSR count). The monoisotopic (exact) mass is 361 g/mol. The number of benzene rings is 1. The topological polar surface area (TPSA) is 72.4 Å². The van der Waals surface area contributed by atoms with Crippen LogP contribution in [0.2, 0.25) is 0 Å². The van der Waals surface area contributed by atoms with E-state index in [0.29, 0.717) is 23.9 Å². The van der Waals surface area contributed by atoms with E-state index in [4.69, 9.17) is 4.74 Å². The van der Waals surface area contributed by atoms with E-state index in [1.54, 1.807) is 12.1 Å². The number of piperidine rings is 1. The van der Waals surface area contributed by atoms with Crippen molar-refractivity contribution in [1.82, 2.24) is 14.5 Å². The normalized spacial score (nSPS) is 18.9. The summed E-state index contributed by atoms with van der Waals surface area (Å²) < 4.78 is 33.5. The fraction of sp³-hybridized carbons (Fsp3) is 0.444. The molecule has 1 aromatic carbocycles. The van der Waals surface area contributed by atoms with E-state index in [-0.39, 0.29) is 6.10 Å². The summed E-state index contributed by atoms with van der Waals surface area (Å²) in [4.78, 5) is 0.378. The van der Waals surface area contributed by atoms with Crippen molar-refractivity contribution in [2.45, 2.75) is 44.6 Å². The molecule has 25 heavy (non-hydrogen) atoms. The molecule has 0 saturated carbocycles. The molecule has 1 atom stereocenters. The molecule has 0 radical (unpaired) electrons. The lowest BCUT2D eigenvalue weighted by atomic mass is 10.1. The van der Waals surface area contributed by atoms with Gasteiger partial charge in [-0.2, -0.15) is 9.40 Å². The molecule has 1 unspecified atom stereocenters. The lowest BCUT2D eigenvalue weighted by Crippen LogP contribution is -2.44. The van der Waals surface area contributed by atoms with Gasteiger partial charge in [0.05, 0.1) is 17.1 Å². The van der Waals surface area contributed by atoms with Gasteiger partial charge in [-0.3, -0.25) is 0 Å². The summed E-state index contributed by atoms with van der Waals surface area (Å²) >= 11 is 0. The SMILES string of the molecule is Cc1ccc(C)c(S(=O)(=O)N2CCCC(Oc3ccc(C)nn3)C2)c1. The second-order valence-electron chi connectivity index (χ2n) is 6.53. The van der Waals surface area contributed by atoms with Crippen molar-refractivity contribution in [3.05, 3.63) is 47.2 Å². The van der Waals surface area contributed by atoms with Crippen LogP contribution in [0.4, 0.5) is 0 Å². The molecule has 2 heterocycles. The lowest BCUT2D eigenvalue weighted by molar-refractivity contribution is 0.123. The fourth-order valence-corrected chi connectivity index (χ4v) is 4.78. The van der Waals surface area contributed by atoms with Crippen LogP contribution in [0.1, 0.15) is 29.7 Å². The number of rotatable bonds is 4. The molecule has 1 saturated heterocycles. The third-order valence-corrected chi connectivity index (χ3v) is 6.37. The molecule has 1 fully saturated rings. The standard InChI is InChI=1S/C18H23N3O3S/c1-13-6-7-14(2)17(11-13)25(22,23)21-10-4-5-16(12-21)24-18-9-8-15(3)19-20-18/h6-9,11,16H,4-5,10,12H2,1-3H3. The molecule has 1 aliphatic rings. The van der Waals surface area contributed by atoms with E-state index in [0.717, 1.165) is 29.7 Å². The summed E-state index contributed by atoms with van der Waals surface area (Å²) in [6.45, 7) is 6.42. The summed E-state index contributed by atoms with van der Waals surface area (Å²) in [5.41, 5.74) is 2.51. The zero-order valence-corrected chi connectivity index (χ0v) is 15.6. The molecule has 7 heteroatoms. The first-order chi connectivity index (χ1) is 11.9. The van der Waals surface area contributed by atoms with Crippen LogP contribution in [0.25, 0.3) is 0 Å². The average molecular weight is 361 g/mol. The van der Waals surface area contributed by atoms with Gasteiger partial charge in [-0.1, -0.05) is 12.1 Å². The number of aromatic nitrogens is 2. The Balaban J connectivity index is 1.78. The smallest absolute Gasteiger partial charge is 0.243 e. The first-order valence-corrected chi connectivity index (χ1v) is 9.84. The van der Waals surface area contributed by atoms with Crippen molar-refractivity contribution in [2.24, 2.45) is 0 Å². The van der Waals surface area contributed by atoms with Crippen molar-refractivity contribution >= 4 is 10.0 Å². The van der Waals surface area contributed by atoms with Crippen molar-refractivity contribution < 1.29 is 13.2 Å². The number of aryl methyl sites for hydroxylation is 3. The lowest BCUT2D eigenvalue weighted by Gasteiger charge is -2.32. The highest BCUT2D eigenvalue weighted by atomic mass is 32.2. The van der Waals surface area contributed by atoms with Crippen LogP contribution in [0.15, 0.2) is 35.2 Å². The van der Waals surface area contributed by atoms with Crippen LogP contribution in [-0.2, 0) is 10.0 Å². The predicted molar refractivity (Wildman–Crippen MR) is 95.1 cm³/mol. The largest absolute Gasteiger partial charge is 0.472 e. The van der Waals surface area contributed by atoms with E-state index in [1.807, 2.05) is 39.0 Å². The van der Waals surface area contributed by atoms with Crippen LogP contribution < -0.4 is 4.74 Å². The summed E-state index contributed by atoms with van der Waals surface area (Å²) in [6.07, 6.45) is 1.34. The second-order valence-corrected chi connectivity index (χ2v) is 8.43. The van der Waals surface area contributed by atoms with Crippen LogP contribution in [-0.4, -0.2) is 42.1 Å². The van der Waals surface area contributed by atoms with E-state index >= 15 is 0 Å². The molecule has 0 bridgehead atoms. The van der Waals surface area contributed by atoms with Gasteiger partial charge in [0.2, 0.25) is 15.9 Å². The highest BCUT2D eigenvalue weighted by Gasteiger charge is 2.32. The van der Waals surface area contributed by atoms with Crippen molar-refractivity contribution in [2.75, 3.05) is 13.1 Å². The Morgan fingerprint density at radius 3 is 2.64 bits per heavy atom. The molecule has 1 aromatic heterocycles. The predicted octanol–water partition coefficient (Wildman–Crippen LogP) is 2.63. The van der Waals surface area contributed by atoms with Gasteiger partial charge in [0.1, 0.15) is 6.10 Å². The second kappa shape index (κ2) is 7.09. The first kappa shape index (κ1) is 17.8. The fourth-order valence-electron chi connectivity index (χ4n) is 2.96. The number of hydrogen-bond acceptors (Lipinski definition) is 5. The van der Waals surface area contributed by atoms with Crippen LogP contribution in [0.5, 0.6) is 5.88 Å². The molecule has 2 aromatic rings. The highest BCUT2D eigenvalue weighted by Crippen LogP contribution is 2.25. The van der Waals surface area contributed by atoms with E-state index in [9.17, 15) is 8.42 Å². The molecule has 6 nitrogen and oxygen atoms in total. The van der Waals surface area contributed by atoms with E-state index < -0.39 is 10.0 Å². The molecule has 1 aliphatic heterocycles. The maximum Gasteiger partial charge on any atom is 0.243 e. The summed E-state index contributed by atoms with van der Waals surface area (Å²) in [5, 5.41) is 7.98. The molecular weight excluding hydrogens is 338 g/mol. The van der Waals surface area contributed by atoms with Crippen LogP contribution in [0, 0.1) is 20.8 Å². The van der Waals surface area contributed by atoms with Crippen LogP contribution in [0.3, 0.4) is 0 Å². The molecular formula is C18H23N3O3S. The third kappa shape index (κ3) is 3.99. The number of hydrogen-bond donors (Lipinski definition) is 0. The molecule has 0 N–H and O–H groups in total. The quantitative estimate of drug-likeness (QED) is 0.837. The Morgan fingerprint density at radius 2 is 1.92 bits per heavy atom. The Kier molecular flexibility index (Phi) is 5.06. The number of ether oxygens (including phenoxy) is 1. The van der Waals surface area contributed by atoms with Gasteiger partial charge < -0.3 is 4.74 Å². The van der Waals surface area contributed by atoms with Crippen molar-refractivity contribution in [1.29, 1.82) is 0 Å². The van der Waals surface area contributed by atoms with Gasteiger partial charge in [-0.15, -0.1) is 5.10 Å². The minimum absolute atomic E-state index is 0.217. The van der Waals surface area contributed by atoms with Gasteiger partial charge in [0, 0.05) is 12.6 Å². The van der Waals surface area contributed by atoms with Gasteiger partial charge in [0.25, 0.3) is 0 Å². The van der Waals surface area contributed by atoms with Gasteiger partial charge >= 0.3 is 0 Å². The molecule has 0 spiro atoms. The van der Waals surface area contributed by atoms with Crippen molar-refractivity contribution in [3.63, 3.8) is 0 Å². The zero-order chi connectivity index (χ0) is 18.0. The molecule has 134 valence electrons. The third-order valence-electron chi connectivity index (χ3n) is 4.36. The maximum absolute atomic E-state index is 13.0. The Bertz CT molecular complexity index is 850. The zero-order valence-electron chi connectivity index (χ0n) is 14.8. The Morgan fingerprint density at radius 1 is 1.12 bits per heavy atom. The Hall–Kier alpha value is -1.99. The maximum atomic E-state index is 13.0. The first-order valence-electron chi connectivity index (χ1n) is 8.40. The minimum atomic E-state index is -3.53. The van der Waals surface area contributed by atoms with E-state index in [1.165, 1.54) is 4.31 Å². The van der Waals surface area contributed by atoms with Crippen molar-refractivity contribution in [3.8, 4) is 5.88 Å². The highest BCUT2D eigenvalue weighted by molar-refractivity contribution is 7.89. The van der Waals surface area contributed by atoms with Gasteiger partial charge in [0.15, 0.2) is 0 Å². The minimum Gasteiger partial charge on any atom is -0.472 e. The number of nitrogens with zero attached hydrogens (tertiary/aromatic N) is 3. The summed E-state index contributed by atoms with van der Waals surface area (Å²) in [7, 11) is -3.53. The summed E-state index contributed by atoms with van der Waals surface area (Å²) in [6, 6.07) is 9.10. The van der Waals surface area contributed by atoms with Gasteiger partial charge in [-0.25, -0.2) is 8.42 Å². The van der Waals surface area contributed by atoms with E-state index in [2.05, 4.69) is 10.2 Å². The molecule has 0 amide bonds. The van der Waals surface area contributed by atoms with Crippen LogP contribution >= 0.6 is 0 Å². The molecule has 0 aliphatic carbocycles.